The minimum atomic E-state index is -3.66. The number of fused-ring (bicyclic) bond motifs is 2. The first-order valence-corrected chi connectivity index (χ1v) is 7.94. The number of carbonyl (C=O) groups is 1. The number of amides is 1. The molecule has 2 aromatic carbocycles. The Balaban J connectivity index is 1.70. The van der Waals surface area contributed by atoms with E-state index in [2.05, 4.69) is 14.8 Å². The van der Waals surface area contributed by atoms with Crippen molar-refractivity contribution in [3.05, 3.63) is 42.0 Å². The molecule has 8 heteroatoms. The zero-order valence-electron chi connectivity index (χ0n) is 13.7. The highest BCUT2D eigenvalue weighted by Gasteiger charge is 2.43. The lowest BCUT2D eigenvalue weighted by molar-refractivity contribution is -0.286. The molecule has 26 heavy (non-hydrogen) atoms. The van der Waals surface area contributed by atoms with Gasteiger partial charge in [-0.05, 0) is 36.2 Å². The van der Waals surface area contributed by atoms with Crippen LogP contribution in [0.2, 0.25) is 0 Å². The van der Waals surface area contributed by atoms with Crippen molar-refractivity contribution in [1.29, 1.82) is 0 Å². The molecule has 2 heterocycles. The predicted molar refractivity (Wildman–Crippen MR) is 86.7 cm³/mol. The normalized spacial score (nSPS) is 22.3. The largest absolute Gasteiger partial charge is 0.586 e. The Kier molecular flexibility index (Phi) is 3.47. The van der Waals surface area contributed by atoms with Crippen molar-refractivity contribution in [1.82, 2.24) is 5.32 Å². The van der Waals surface area contributed by atoms with Crippen LogP contribution in [0, 0.1) is 0 Å². The van der Waals surface area contributed by atoms with Gasteiger partial charge in [0.05, 0.1) is 12.1 Å². The summed E-state index contributed by atoms with van der Waals surface area (Å²) in [7, 11) is 0. The highest BCUT2D eigenvalue weighted by molar-refractivity contribution is 5.71. The van der Waals surface area contributed by atoms with Gasteiger partial charge in [-0.1, -0.05) is 18.2 Å². The molecular formula is C18H15F2NO5. The summed E-state index contributed by atoms with van der Waals surface area (Å²) >= 11 is 0. The van der Waals surface area contributed by atoms with Gasteiger partial charge in [-0.15, -0.1) is 8.78 Å². The summed E-state index contributed by atoms with van der Waals surface area (Å²) in [5.74, 6) is 0.489. The Labute approximate surface area is 147 Å². The first-order chi connectivity index (χ1) is 12.3. The average molecular weight is 363 g/mol. The second-order valence-electron chi connectivity index (χ2n) is 6.40. The fourth-order valence-corrected chi connectivity index (χ4v) is 3.27. The molecule has 1 unspecified atom stereocenters. The third-order valence-corrected chi connectivity index (χ3v) is 4.55. The van der Waals surface area contributed by atoms with E-state index >= 15 is 0 Å². The molecule has 0 saturated carbocycles. The summed E-state index contributed by atoms with van der Waals surface area (Å²) < 4.78 is 40.9. The lowest BCUT2D eigenvalue weighted by Crippen LogP contribution is -2.46. The molecule has 0 aliphatic carbocycles. The van der Waals surface area contributed by atoms with E-state index in [9.17, 15) is 13.6 Å². The van der Waals surface area contributed by atoms with Crippen LogP contribution in [0.3, 0.4) is 0 Å². The number of benzene rings is 2. The molecule has 0 fully saturated rings. The number of nitrogens with one attached hydrogen (secondary N) is 1. The molecule has 6 nitrogen and oxygen atoms in total. The minimum absolute atomic E-state index is 0.0220. The number of ether oxygens (including phenoxy) is 3. The van der Waals surface area contributed by atoms with Gasteiger partial charge >= 0.3 is 12.4 Å². The van der Waals surface area contributed by atoms with Crippen LogP contribution in [0.4, 0.5) is 13.6 Å². The topological polar surface area (TPSA) is 77.0 Å². The van der Waals surface area contributed by atoms with Crippen LogP contribution < -0.4 is 19.5 Å². The lowest BCUT2D eigenvalue weighted by atomic mass is 9.85. The van der Waals surface area contributed by atoms with E-state index in [1.54, 1.807) is 31.2 Å². The maximum Gasteiger partial charge on any atom is 0.586 e. The quantitative estimate of drug-likeness (QED) is 0.845. The molecule has 136 valence electrons. The summed E-state index contributed by atoms with van der Waals surface area (Å²) in [6, 6.07) is 9.84. The van der Waals surface area contributed by atoms with Gasteiger partial charge in [-0.3, -0.25) is 0 Å². The fraction of sp³-hybridized carbons (Fsp3) is 0.278. The first kappa shape index (κ1) is 16.4. The number of carboxylic acid groups (broad SMARTS) is 1. The fourth-order valence-electron chi connectivity index (χ4n) is 3.27. The summed E-state index contributed by atoms with van der Waals surface area (Å²) in [5, 5.41) is 11.6. The van der Waals surface area contributed by atoms with E-state index in [1.807, 2.05) is 0 Å². The summed E-state index contributed by atoms with van der Waals surface area (Å²) in [6.07, 6.45) is -4.27. The van der Waals surface area contributed by atoms with E-state index in [0.717, 1.165) is 11.1 Å². The van der Waals surface area contributed by atoms with Gasteiger partial charge in [0.15, 0.2) is 11.5 Å². The highest BCUT2D eigenvalue weighted by atomic mass is 19.3. The van der Waals surface area contributed by atoms with Crippen molar-refractivity contribution >= 4 is 6.09 Å². The molecule has 2 aliphatic rings. The summed E-state index contributed by atoms with van der Waals surface area (Å²) in [4.78, 5) is 11.1. The molecule has 1 amide bonds. The maximum atomic E-state index is 13.2. The molecule has 0 aromatic heterocycles. The maximum absolute atomic E-state index is 13.2. The van der Waals surface area contributed by atoms with Crippen LogP contribution in [0.5, 0.6) is 17.2 Å². The standard InChI is InChI=1S/C18H15F2NO5/c1-17(21-16(22)23)6-7-24-14-8-10(2-4-12(14)17)11-3-5-13-15(9-11)26-18(19,20)25-13/h2-5,8-9,21H,6-7H2,1H3,(H,22,23). The van der Waals surface area contributed by atoms with E-state index in [0.29, 0.717) is 24.3 Å². The van der Waals surface area contributed by atoms with Crippen LogP contribution >= 0.6 is 0 Å². The van der Waals surface area contributed by atoms with Crippen LogP contribution in [0.1, 0.15) is 18.9 Å². The number of hydrogen-bond donors (Lipinski definition) is 2. The third kappa shape index (κ3) is 2.77. The van der Waals surface area contributed by atoms with Crippen molar-refractivity contribution in [2.24, 2.45) is 0 Å². The van der Waals surface area contributed by atoms with Gasteiger partial charge < -0.3 is 24.6 Å². The second kappa shape index (κ2) is 5.48. The van der Waals surface area contributed by atoms with Gasteiger partial charge in [-0.2, -0.15) is 0 Å². The van der Waals surface area contributed by atoms with Gasteiger partial charge in [0.1, 0.15) is 5.75 Å². The van der Waals surface area contributed by atoms with E-state index in [4.69, 9.17) is 9.84 Å². The van der Waals surface area contributed by atoms with E-state index < -0.39 is 17.9 Å². The van der Waals surface area contributed by atoms with Crippen molar-refractivity contribution < 1.29 is 32.9 Å². The van der Waals surface area contributed by atoms with Gasteiger partial charge in [0.2, 0.25) is 0 Å². The molecule has 2 N–H and O–H groups in total. The zero-order chi connectivity index (χ0) is 18.5. The number of rotatable bonds is 2. The van der Waals surface area contributed by atoms with Crippen molar-refractivity contribution in [3.63, 3.8) is 0 Å². The SMILES string of the molecule is CC1(NC(=O)O)CCOc2cc(-c3ccc4c(c3)OC(F)(F)O4)ccc21. The first-order valence-electron chi connectivity index (χ1n) is 7.94. The summed E-state index contributed by atoms with van der Waals surface area (Å²) in [5.41, 5.74) is 1.34. The van der Waals surface area contributed by atoms with Crippen LogP contribution in [-0.4, -0.2) is 24.1 Å². The van der Waals surface area contributed by atoms with Gasteiger partial charge in [0, 0.05) is 12.0 Å². The molecule has 1 atom stereocenters. The Morgan fingerprint density at radius 1 is 1.08 bits per heavy atom. The third-order valence-electron chi connectivity index (χ3n) is 4.55. The minimum Gasteiger partial charge on any atom is -0.493 e. The van der Waals surface area contributed by atoms with Crippen LogP contribution in [0.25, 0.3) is 11.1 Å². The van der Waals surface area contributed by atoms with Crippen molar-refractivity contribution in [3.8, 4) is 28.4 Å². The Morgan fingerprint density at radius 3 is 2.46 bits per heavy atom. The Morgan fingerprint density at radius 2 is 1.73 bits per heavy atom. The summed E-state index contributed by atoms with van der Waals surface area (Å²) in [6.45, 7) is 2.16. The molecule has 0 saturated heterocycles. The predicted octanol–water partition coefficient (Wildman–Crippen LogP) is 3.94. The number of alkyl halides is 2. The molecule has 0 spiro atoms. The average Bonchev–Trinajstić information content (AvgIpc) is 2.86. The lowest BCUT2D eigenvalue weighted by Gasteiger charge is -2.35. The van der Waals surface area contributed by atoms with Crippen LogP contribution in [-0.2, 0) is 5.54 Å². The van der Waals surface area contributed by atoms with Gasteiger partial charge in [-0.25, -0.2) is 4.79 Å². The van der Waals surface area contributed by atoms with E-state index in [-0.39, 0.29) is 11.5 Å². The Hall–Kier alpha value is -3.03. The van der Waals surface area contributed by atoms with Crippen LogP contribution in [0.15, 0.2) is 36.4 Å². The monoisotopic (exact) mass is 363 g/mol. The molecule has 2 aromatic rings. The molecule has 0 radical (unpaired) electrons. The van der Waals surface area contributed by atoms with E-state index in [1.165, 1.54) is 12.1 Å². The molecule has 2 aliphatic heterocycles. The molecular weight excluding hydrogens is 348 g/mol. The van der Waals surface area contributed by atoms with Gasteiger partial charge in [0.25, 0.3) is 0 Å². The molecule has 4 rings (SSSR count). The number of halogens is 2. The van der Waals surface area contributed by atoms with Crippen molar-refractivity contribution in [2.75, 3.05) is 6.61 Å². The highest BCUT2D eigenvalue weighted by Crippen LogP contribution is 2.44. The van der Waals surface area contributed by atoms with Crippen molar-refractivity contribution in [2.45, 2.75) is 25.2 Å². The number of hydrogen-bond acceptors (Lipinski definition) is 4. The zero-order valence-corrected chi connectivity index (χ0v) is 13.7. The Bertz CT molecular complexity index is 901. The smallest absolute Gasteiger partial charge is 0.493 e. The second-order valence-corrected chi connectivity index (χ2v) is 6.40. The molecule has 0 bridgehead atoms.